The molecule has 0 aliphatic heterocycles. The number of aromatic nitrogens is 2. The van der Waals surface area contributed by atoms with E-state index in [2.05, 4.69) is 5.10 Å². The van der Waals surface area contributed by atoms with Crippen LogP contribution in [0.15, 0.2) is 6.20 Å². The molecule has 0 amide bonds. The Morgan fingerprint density at radius 3 is 2.81 bits per heavy atom. The summed E-state index contributed by atoms with van der Waals surface area (Å²) < 4.78 is 12.0. The number of carbonyl (C=O) groups excluding carboxylic acids is 1. The smallest absolute Gasteiger partial charge is 0.341 e. The van der Waals surface area contributed by atoms with Gasteiger partial charge in [0.25, 0.3) is 0 Å². The number of hydrogen-bond acceptors (Lipinski definition) is 4. The molecular formula is C11H18N2O3. The Kier molecular flexibility index (Phi) is 4.49. The molecule has 1 heterocycles. The van der Waals surface area contributed by atoms with Gasteiger partial charge in [-0.05, 0) is 20.8 Å². The fourth-order valence-electron chi connectivity index (χ4n) is 1.36. The molecule has 5 nitrogen and oxygen atoms in total. The van der Waals surface area contributed by atoms with Gasteiger partial charge in [0.15, 0.2) is 0 Å². The highest BCUT2D eigenvalue weighted by Gasteiger charge is 2.16. The maximum Gasteiger partial charge on any atom is 0.341 e. The number of esters is 1. The first-order valence-electron chi connectivity index (χ1n) is 5.33. The van der Waals surface area contributed by atoms with Gasteiger partial charge in [-0.2, -0.15) is 5.10 Å². The normalized spacial score (nSPS) is 12.5. The summed E-state index contributed by atoms with van der Waals surface area (Å²) >= 11 is 0. The van der Waals surface area contributed by atoms with E-state index in [1.807, 2.05) is 6.92 Å². The summed E-state index contributed by atoms with van der Waals surface area (Å²) in [6, 6.07) is 0. The van der Waals surface area contributed by atoms with Crippen LogP contribution in [0, 0.1) is 6.92 Å². The highest BCUT2D eigenvalue weighted by atomic mass is 16.6. The number of aryl methyl sites for hydroxylation is 2. The van der Waals surface area contributed by atoms with Crippen molar-refractivity contribution in [2.45, 2.75) is 26.9 Å². The Hall–Kier alpha value is -1.36. The van der Waals surface area contributed by atoms with Crippen molar-refractivity contribution in [3.63, 3.8) is 0 Å². The van der Waals surface area contributed by atoms with E-state index < -0.39 is 0 Å². The van der Waals surface area contributed by atoms with Crippen molar-refractivity contribution in [1.29, 1.82) is 0 Å². The maximum atomic E-state index is 11.7. The molecule has 0 N–H and O–H groups in total. The lowest BCUT2D eigenvalue weighted by molar-refractivity contribution is 0.00433. The predicted molar refractivity (Wildman–Crippen MR) is 59.3 cm³/mol. The molecule has 90 valence electrons. The van der Waals surface area contributed by atoms with Gasteiger partial charge in [-0.3, -0.25) is 4.68 Å². The molecule has 0 aliphatic rings. The summed E-state index contributed by atoms with van der Waals surface area (Å²) in [5.74, 6) is -0.349. The van der Waals surface area contributed by atoms with Gasteiger partial charge in [0.2, 0.25) is 0 Å². The lowest BCUT2D eigenvalue weighted by atomic mass is 10.3. The molecule has 1 aromatic rings. The Labute approximate surface area is 95.3 Å². The summed E-state index contributed by atoms with van der Waals surface area (Å²) in [5.41, 5.74) is 1.18. The topological polar surface area (TPSA) is 53.4 Å². The predicted octanol–water partition coefficient (Wildman–Crippen LogP) is 1.31. The molecule has 0 bridgehead atoms. The van der Waals surface area contributed by atoms with Crippen LogP contribution in [-0.4, -0.2) is 35.1 Å². The van der Waals surface area contributed by atoms with Gasteiger partial charge < -0.3 is 9.47 Å². The van der Waals surface area contributed by atoms with E-state index >= 15 is 0 Å². The van der Waals surface area contributed by atoms with Crippen LogP contribution in [0.2, 0.25) is 0 Å². The number of ether oxygens (including phenoxy) is 2. The largest absolute Gasteiger partial charge is 0.457 e. The monoisotopic (exact) mass is 226 g/mol. The van der Waals surface area contributed by atoms with Crippen molar-refractivity contribution in [3.8, 4) is 0 Å². The molecule has 0 spiro atoms. The van der Waals surface area contributed by atoms with Crippen molar-refractivity contribution in [3.05, 3.63) is 17.5 Å². The van der Waals surface area contributed by atoms with Crippen molar-refractivity contribution in [1.82, 2.24) is 9.78 Å². The highest BCUT2D eigenvalue weighted by Crippen LogP contribution is 2.08. The second-order valence-electron chi connectivity index (χ2n) is 3.68. The highest BCUT2D eigenvalue weighted by molar-refractivity contribution is 5.90. The minimum Gasteiger partial charge on any atom is -0.457 e. The molecule has 0 fully saturated rings. The van der Waals surface area contributed by atoms with Gasteiger partial charge in [-0.15, -0.1) is 0 Å². The molecular weight excluding hydrogens is 208 g/mol. The standard InChI is InChI=1S/C11H18N2O3/c1-5-15-7-8(2)16-11(14)10-6-13(4)12-9(10)3/h6,8H,5,7H2,1-4H3/t8-/m1/s1. The van der Waals surface area contributed by atoms with Crippen molar-refractivity contribution < 1.29 is 14.3 Å². The molecule has 5 heteroatoms. The van der Waals surface area contributed by atoms with E-state index in [9.17, 15) is 4.79 Å². The first-order valence-corrected chi connectivity index (χ1v) is 5.33. The third-order valence-corrected chi connectivity index (χ3v) is 2.10. The molecule has 0 saturated carbocycles. The second-order valence-corrected chi connectivity index (χ2v) is 3.68. The zero-order valence-corrected chi connectivity index (χ0v) is 10.2. The third-order valence-electron chi connectivity index (χ3n) is 2.10. The van der Waals surface area contributed by atoms with Crippen LogP contribution in [0.5, 0.6) is 0 Å². The Bertz CT molecular complexity index is 360. The zero-order valence-electron chi connectivity index (χ0n) is 10.2. The second kappa shape index (κ2) is 5.65. The van der Waals surface area contributed by atoms with E-state index in [-0.39, 0.29) is 12.1 Å². The van der Waals surface area contributed by atoms with Gasteiger partial charge in [0.1, 0.15) is 11.7 Å². The molecule has 0 aromatic carbocycles. The van der Waals surface area contributed by atoms with E-state index in [1.165, 1.54) is 0 Å². The molecule has 1 atom stereocenters. The molecule has 0 radical (unpaired) electrons. The van der Waals surface area contributed by atoms with Crippen molar-refractivity contribution in [2.24, 2.45) is 7.05 Å². The fraction of sp³-hybridized carbons (Fsp3) is 0.636. The Morgan fingerprint density at radius 1 is 1.62 bits per heavy atom. The van der Waals surface area contributed by atoms with Gasteiger partial charge >= 0.3 is 5.97 Å². The first kappa shape index (κ1) is 12.7. The van der Waals surface area contributed by atoms with Crippen LogP contribution < -0.4 is 0 Å². The first-order chi connectivity index (χ1) is 7.54. The van der Waals surface area contributed by atoms with Crippen LogP contribution in [0.3, 0.4) is 0 Å². The van der Waals surface area contributed by atoms with E-state index in [1.54, 1.807) is 31.8 Å². The average molecular weight is 226 g/mol. The van der Waals surface area contributed by atoms with Crippen molar-refractivity contribution >= 4 is 5.97 Å². The molecule has 0 aliphatic carbocycles. The van der Waals surface area contributed by atoms with Crippen molar-refractivity contribution in [2.75, 3.05) is 13.2 Å². The van der Waals surface area contributed by atoms with Gasteiger partial charge in [-0.25, -0.2) is 4.79 Å². The minimum absolute atomic E-state index is 0.243. The van der Waals surface area contributed by atoms with Crippen LogP contribution in [0.25, 0.3) is 0 Å². The van der Waals surface area contributed by atoms with Crippen LogP contribution in [0.1, 0.15) is 29.9 Å². The molecule has 1 rings (SSSR count). The van der Waals surface area contributed by atoms with Crippen LogP contribution in [0.4, 0.5) is 0 Å². The maximum absolute atomic E-state index is 11.7. The summed E-state index contributed by atoms with van der Waals surface area (Å²) in [4.78, 5) is 11.7. The minimum atomic E-state index is -0.349. The molecule has 1 aromatic heterocycles. The number of nitrogens with zero attached hydrogens (tertiary/aromatic N) is 2. The van der Waals surface area contributed by atoms with Gasteiger partial charge in [-0.1, -0.05) is 0 Å². The Morgan fingerprint density at radius 2 is 2.31 bits per heavy atom. The lowest BCUT2D eigenvalue weighted by Gasteiger charge is -2.12. The fourth-order valence-corrected chi connectivity index (χ4v) is 1.36. The number of carbonyl (C=O) groups is 1. The lowest BCUT2D eigenvalue weighted by Crippen LogP contribution is -2.20. The summed E-state index contributed by atoms with van der Waals surface area (Å²) in [6.07, 6.45) is 1.41. The summed E-state index contributed by atoms with van der Waals surface area (Å²) in [7, 11) is 1.77. The molecule has 0 unspecified atom stereocenters. The molecule has 16 heavy (non-hydrogen) atoms. The van der Waals surface area contributed by atoms with Gasteiger partial charge in [0, 0.05) is 19.9 Å². The number of rotatable bonds is 5. The van der Waals surface area contributed by atoms with Gasteiger partial charge in [0.05, 0.1) is 12.3 Å². The number of hydrogen-bond donors (Lipinski definition) is 0. The third kappa shape index (κ3) is 3.34. The zero-order chi connectivity index (χ0) is 12.1. The molecule has 0 saturated heterocycles. The average Bonchev–Trinajstić information content (AvgIpc) is 2.54. The van der Waals surface area contributed by atoms with Crippen LogP contribution in [-0.2, 0) is 16.5 Å². The summed E-state index contributed by atoms with van der Waals surface area (Å²) in [5, 5.41) is 4.09. The summed E-state index contributed by atoms with van der Waals surface area (Å²) in [6.45, 7) is 6.53. The van der Waals surface area contributed by atoms with E-state index in [4.69, 9.17) is 9.47 Å². The quantitative estimate of drug-likeness (QED) is 0.710. The Balaban J connectivity index is 2.55. The van der Waals surface area contributed by atoms with Crippen LogP contribution >= 0.6 is 0 Å². The van der Waals surface area contributed by atoms with E-state index in [0.717, 1.165) is 0 Å². The van der Waals surface area contributed by atoms with E-state index in [0.29, 0.717) is 24.5 Å². The SMILES string of the molecule is CCOC[C@@H](C)OC(=O)c1cn(C)nc1C.